The van der Waals surface area contributed by atoms with E-state index in [9.17, 15) is 13.2 Å². The Morgan fingerprint density at radius 2 is 1.94 bits per heavy atom. The van der Waals surface area contributed by atoms with Gasteiger partial charge < -0.3 is 13.6 Å². The molecule has 0 saturated heterocycles. The van der Waals surface area contributed by atoms with Crippen LogP contribution in [-0.4, -0.2) is 20.5 Å². The quantitative estimate of drug-likeness (QED) is 0.389. The first-order valence-corrected chi connectivity index (χ1v) is 11.2. The summed E-state index contributed by atoms with van der Waals surface area (Å²) < 4.78 is 45.1. The van der Waals surface area contributed by atoms with Gasteiger partial charge in [-0.25, -0.2) is 13.2 Å². The van der Waals surface area contributed by atoms with E-state index in [0.717, 1.165) is 5.57 Å². The molecule has 2 aromatic heterocycles. The van der Waals surface area contributed by atoms with E-state index in [2.05, 4.69) is 11.6 Å². The molecule has 9 heteroatoms. The van der Waals surface area contributed by atoms with Crippen molar-refractivity contribution in [3.05, 3.63) is 89.3 Å². The van der Waals surface area contributed by atoms with Gasteiger partial charge in [-0.2, -0.15) is 0 Å². The summed E-state index contributed by atoms with van der Waals surface area (Å²) in [7, 11) is -2.57. The van der Waals surface area contributed by atoms with E-state index in [1.54, 1.807) is 36.4 Å². The van der Waals surface area contributed by atoms with Crippen molar-refractivity contribution < 1.29 is 22.0 Å². The van der Waals surface area contributed by atoms with E-state index in [0.29, 0.717) is 29.1 Å². The number of hydrogen-bond acceptors (Lipinski definition) is 6. The maximum Gasteiger partial charge on any atom is 0.417 e. The second kappa shape index (κ2) is 8.43. The first kappa shape index (κ1) is 21.5. The number of fused-ring (bicyclic) bond motifs is 1. The lowest BCUT2D eigenvalue weighted by atomic mass is 10.1. The normalized spacial score (nSPS) is 12.6. The molecule has 0 aliphatic rings. The van der Waals surface area contributed by atoms with E-state index in [1.807, 2.05) is 6.92 Å². The molecule has 2 heterocycles. The smallest absolute Gasteiger partial charge is 0.417 e. The van der Waals surface area contributed by atoms with Gasteiger partial charge in [0.1, 0.15) is 17.6 Å². The number of aromatic nitrogens is 1. The van der Waals surface area contributed by atoms with Crippen LogP contribution in [0, 0.1) is 0 Å². The third-order valence-electron chi connectivity index (χ3n) is 4.97. The predicted molar refractivity (Wildman–Crippen MR) is 120 cm³/mol. The fraction of sp³-hybridized carbons (Fsp3) is 0.174. The monoisotopic (exact) mass is 454 g/mol. The van der Waals surface area contributed by atoms with E-state index < -0.39 is 21.8 Å². The number of aromatic amines is 1. The summed E-state index contributed by atoms with van der Waals surface area (Å²) in [5.41, 5.74) is 1.77. The summed E-state index contributed by atoms with van der Waals surface area (Å²) in [4.78, 5) is 14.0. The molecule has 0 fully saturated rings. The van der Waals surface area contributed by atoms with Crippen LogP contribution in [0.3, 0.4) is 0 Å². The molecule has 1 N–H and O–H groups in total. The number of nitrogens with one attached hydrogen (secondary N) is 1. The van der Waals surface area contributed by atoms with E-state index in [4.69, 9.17) is 13.6 Å². The molecular weight excluding hydrogens is 432 g/mol. The first-order chi connectivity index (χ1) is 15.3. The van der Waals surface area contributed by atoms with Gasteiger partial charge in [-0.15, -0.1) is 6.58 Å². The van der Waals surface area contributed by atoms with Crippen molar-refractivity contribution in [3.63, 3.8) is 0 Å². The molecule has 2 aromatic carbocycles. The SMILES string of the molecule is C=C(C)CC(c1ccco1)N(c1ccc(OC)cc1)S(=O)(=O)c1ccc2[nH]c(=O)oc2c1. The molecule has 1 unspecified atom stereocenters. The van der Waals surface area contributed by atoms with E-state index in [1.165, 1.54) is 35.9 Å². The van der Waals surface area contributed by atoms with Crippen LogP contribution in [0.25, 0.3) is 11.1 Å². The number of benzene rings is 2. The number of oxazole rings is 1. The average molecular weight is 455 g/mol. The van der Waals surface area contributed by atoms with E-state index in [-0.39, 0.29) is 10.5 Å². The fourth-order valence-electron chi connectivity index (χ4n) is 3.53. The molecule has 0 radical (unpaired) electrons. The Morgan fingerprint density at radius 1 is 1.19 bits per heavy atom. The van der Waals surface area contributed by atoms with Crippen molar-refractivity contribution >= 4 is 26.8 Å². The predicted octanol–water partition coefficient (Wildman–Crippen LogP) is 4.63. The van der Waals surface area contributed by atoms with Crippen LogP contribution in [-0.2, 0) is 10.0 Å². The van der Waals surface area contributed by atoms with Gasteiger partial charge in [-0.1, -0.05) is 5.57 Å². The summed E-state index contributed by atoms with van der Waals surface area (Å²) in [6.07, 6.45) is 1.83. The Hall–Kier alpha value is -3.72. The van der Waals surface area contributed by atoms with Crippen LogP contribution >= 0.6 is 0 Å². The molecule has 0 saturated carbocycles. The lowest BCUT2D eigenvalue weighted by molar-refractivity contribution is 0.414. The molecule has 0 spiro atoms. The molecule has 0 aliphatic carbocycles. The van der Waals surface area contributed by atoms with Crippen LogP contribution in [0.2, 0.25) is 0 Å². The minimum atomic E-state index is -4.11. The van der Waals surface area contributed by atoms with Gasteiger partial charge in [-0.05, 0) is 61.9 Å². The van der Waals surface area contributed by atoms with Crippen molar-refractivity contribution in [2.45, 2.75) is 24.3 Å². The summed E-state index contributed by atoms with van der Waals surface area (Å²) in [6, 6.07) is 13.7. The number of H-pyrrole nitrogens is 1. The first-order valence-electron chi connectivity index (χ1n) is 9.79. The number of methoxy groups -OCH3 is 1. The van der Waals surface area contributed by atoms with Crippen LogP contribution in [0.5, 0.6) is 5.75 Å². The molecule has 4 aromatic rings. The highest BCUT2D eigenvalue weighted by atomic mass is 32.2. The largest absolute Gasteiger partial charge is 0.497 e. The van der Waals surface area contributed by atoms with Crippen LogP contribution in [0.15, 0.2) is 91.5 Å². The third kappa shape index (κ3) is 4.06. The molecular formula is C23H22N2O6S. The summed E-state index contributed by atoms with van der Waals surface area (Å²) in [6.45, 7) is 5.80. The van der Waals surface area contributed by atoms with Gasteiger partial charge >= 0.3 is 5.76 Å². The number of nitrogens with zero attached hydrogens (tertiary/aromatic N) is 1. The Balaban J connectivity index is 1.91. The number of hydrogen-bond donors (Lipinski definition) is 1. The molecule has 32 heavy (non-hydrogen) atoms. The van der Waals surface area contributed by atoms with Gasteiger partial charge in [0.15, 0.2) is 5.58 Å². The highest BCUT2D eigenvalue weighted by Gasteiger charge is 2.35. The Labute approximate surface area is 184 Å². The zero-order valence-electron chi connectivity index (χ0n) is 17.6. The zero-order valence-corrected chi connectivity index (χ0v) is 18.4. The molecule has 4 rings (SSSR count). The van der Waals surface area contributed by atoms with Crippen molar-refractivity contribution in [2.75, 3.05) is 11.4 Å². The van der Waals surface area contributed by atoms with E-state index >= 15 is 0 Å². The number of ether oxygens (including phenoxy) is 1. The Kier molecular flexibility index (Phi) is 5.67. The van der Waals surface area contributed by atoms with Crippen molar-refractivity contribution in [3.8, 4) is 5.75 Å². The lowest BCUT2D eigenvalue weighted by Crippen LogP contribution is -2.35. The van der Waals surface area contributed by atoms with Gasteiger partial charge in [-0.3, -0.25) is 9.29 Å². The zero-order chi connectivity index (χ0) is 22.9. The molecule has 0 bridgehead atoms. The number of rotatable bonds is 8. The van der Waals surface area contributed by atoms with Crippen molar-refractivity contribution in [2.24, 2.45) is 0 Å². The topological polar surface area (TPSA) is 106 Å². The van der Waals surface area contributed by atoms with Crippen LogP contribution in [0.4, 0.5) is 5.69 Å². The molecule has 166 valence electrons. The molecule has 0 amide bonds. The van der Waals surface area contributed by atoms with Gasteiger partial charge in [0, 0.05) is 6.07 Å². The second-order valence-electron chi connectivity index (χ2n) is 7.36. The third-order valence-corrected chi connectivity index (χ3v) is 6.81. The number of furan rings is 1. The highest BCUT2D eigenvalue weighted by Crippen LogP contribution is 2.38. The summed E-state index contributed by atoms with van der Waals surface area (Å²) in [5, 5.41) is 0. The maximum atomic E-state index is 13.9. The van der Waals surface area contributed by atoms with Gasteiger partial charge in [0.2, 0.25) is 0 Å². The Morgan fingerprint density at radius 3 is 2.56 bits per heavy atom. The fourth-order valence-corrected chi connectivity index (χ4v) is 5.16. The van der Waals surface area contributed by atoms with Crippen molar-refractivity contribution in [1.82, 2.24) is 4.98 Å². The number of sulfonamides is 1. The lowest BCUT2D eigenvalue weighted by Gasteiger charge is -2.32. The minimum absolute atomic E-state index is 0.0261. The Bertz CT molecular complexity index is 1400. The van der Waals surface area contributed by atoms with Crippen molar-refractivity contribution in [1.29, 1.82) is 0 Å². The number of anilines is 1. The summed E-state index contributed by atoms with van der Waals surface area (Å²) >= 11 is 0. The maximum absolute atomic E-state index is 13.9. The minimum Gasteiger partial charge on any atom is -0.497 e. The second-order valence-corrected chi connectivity index (χ2v) is 9.18. The van der Waals surface area contributed by atoms with Gasteiger partial charge in [0.25, 0.3) is 10.0 Å². The molecule has 1 atom stereocenters. The van der Waals surface area contributed by atoms with Gasteiger partial charge in [0.05, 0.1) is 29.5 Å². The highest BCUT2D eigenvalue weighted by molar-refractivity contribution is 7.92. The van der Waals surface area contributed by atoms with Crippen LogP contribution < -0.4 is 14.8 Å². The summed E-state index contributed by atoms with van der Waals surface area (Å²) in [5.74, 6) is 0.412. The van der Waals surface area contributed by atoms with Crippen LogP contribution in [0.1, 0.15) is 25.1 Å². The molecule has 0 aliphatic heterocycles. The molecule has 8 nitrogen and oxygen atoms in total. The standard InChI is InChI=1S/C23H22N2O6S/c1-15(2)13-20(21-5-4-12-30-21)25(16-6-8-17(29-3)9-7-16)32(27,28)18-10-11-19-22(14-18)31-23(26)24-19/h4-12,14,20H,1,13H2,2-3H3,(H,24,26). The average Bonchev–Trinajstić information content (AvgIpc) is 3.41.